The molecule has 1 aromatic heterocycles. The van der Waals surface area contributed by atoms with E-state index in [1.54, 1.807) is 0 Å². The topological polar surface area (TPSA) is 170 Å². The minimum atomic E-state index is -1.29. The number of β-lactam (4-membered cyclic amide) rings is 1. The number of nitrogens with one attached hydrogen (secondary N) is 4. The van der Waals surface area contributed by atoms with Crippen LogP contribution in [0.25, 0.3) is 0 Å². The van der Waals surface area contributed by atoms with E-state index in [9.17, 15) is 14.4 Å². The molecule has 10 nitrogen and oxygen atoms in total. The molecule has 2 heterocycles. The number of nitrogens with zero attached hydrogens (tertiary/aromatic N) is 1. The van der Waals surface area contributed by atoms with Crippen molar-refractivity contribution < 1.29 is 19.5 Å². The summed E-state index contributed by atoms with van der Waals surface area (Å²) in [6, 6.07) is -1.12. The van der Waals surface area contributed by atoms with Gasteiger partial charge in [-0.3, -0.25) is 20.3 Å². The SMILES string of the molecule is N=C(C(=O)NC1C(=O)NC1CN)c1csc(NC(=O)O)n1. The van der Waals surface area contributed by atoms with Gasteiger partial charge < -0.3 is 21.5 Å². The Morgan fingerprint density at radius 1 is 1.57 bits per heavy atom. The Bertz CT molecular complexity index is 614. The van der Waals surface area contributed by atoms with Gasteiger partial charge in [-0.25, -0.2) is 9.78 Å². The molecule has 1 aromatic rings. The third-order valence-electron chi connectivity index (χ3n) is 2.75. The Balaban J connectivity index is 1.99. The summed E-state index contributed by atoms with van der Waals surface area (Å²) in [7, 11) is 0. The molecule has 0 aromatic carbocycles. The van der Waals surface area contributed by atoms with Crippen LogP contribution in [0.1, 0.15) is 5.69 Å². The van der Waals surface area contributed by atoms with Gasteiger partial charge in [0.2, 0.25) is 5.91 Å². The van der Waals surface area contributed by atoms with Crippen molar-refractivity contribution in [1.29, 1.82) is 5.41 Å². The fourth-order valence-electron chi connectivity index (χ4n) is 1.67. The zero-order valence-corrected chi connectivity index (χ0v) is 11.4. The van der Waals surface area contributed by atoms with Gasteiger partial charge in [0.25, 0.3) is 5.91 Å². The number of nitrogens with two attached hydrogens (primary N) is 1. The van der Waals surface area contributed by atoms with Gasteiger partial charge in [-0.2, -0.15) is 0 Å². The Kier molecular flexibility index (Phi) is 4.14. The Morgan fingerprint density at radius 3 is 2.86 bits per heavy atom. The maximum atomic E-state index is 11.9. The summed E-state index contributed by atoms with van der Waals surface area (Å²) in [5.41, 5.74) is 4.97. The van der Waals surface area contributed by atoms with Crippen LogP contribution in [0.3, 0.4) is 0 Å². The largest absolute Gasteiger partial charge is 0.465 e. The lowest BCUT2D eigenvalue weighted by atomic mass is 9.99. The quantitative estimate of drug-likeness (QED) is 0.286. The van der Waals surface area contributed by atoms with E-state index >= 15 is 0 Å². The molecule has 1 aliphatic rings. The van der Waals surface area contributed by atoms with E-state index in [0.717, 1.165) is 11.3 Å². The Morgan fingerprint density at radius 2 is 2.29 bits per heavy atom. The fraction of sp³-hybridized carbons (Fsp3) is 0.300. The van der Waals surface area contributed by atoms with Crippen molar-refractivity contribution in [3.05, 3.63) is 11.1 Å². The van der Waals surface area contributed by atoms with Crippen molar-refractivity contribution in [3.8, 4) is 0 Å². The van der Waals surface area contributed by atoms with Crippen LogP contribution >= 0.6 is 11.3 Å². The number of carbonyl (C=O) groups excluding carboxylic acids is 2. The molecule has 0 radical (unpaired) electrons. The van der Waals surface area contributed by atoms with E-state index in [0.29, 0.717) is 0 Å². The molecule has 1 saturated heterocycles. The van der Waals surface area contributed by atoms with E-state index < -0.39 is 23.8 Å². The Hall–Kier alpha value is -2.53. The van der Waals surface area contributed by atoms with Crippen LogP contribution in [0.5, 0.6) is 0 Å². The molecule has 2 atom stereocenters. The second kappa shape index (κ2) is 5.85. The molecule has 112 valence electrons. The van der Waals surface area contributed by atoms with E-state index in [1.807, 2.05) is 5.32 Å². The zero-order chi connectivity index (χ0) is 15.6. The summed E-state index contributed by atoms with van der Waals surface area (Å²) in [6.07, 6.45) is -1.29. The van der Waals surface area contributed by atoms with Crippen LogP contribution in [0.15, 0.2) is 5.38 Å². The number of hydrogen-bond acceptors (Lipinski definition) is 7. The summed E-state index contributed by atoms with van der Waals surface area (Å²) in [6.45, 7) is 0.174. The fourth-order valence-corrected chi connectivity index (χ4v) is 2.36. The molecular formula is C10H12N6O4S. The van der Waals surface area contributed by atoms with Gasteiger partial charge in [0.1, 0.15) is 17.4 Å². The number of hydrogen-bond donors (Lipinski definition) is 6. The predicted molar refractivity (Wildman–Crippen MR) is 73.5 cm³/mol. The number of carbonyl (C=O) groups is 3. The number of thiazole rings is 1. The maximum absolute atomic E-state index is 11.9. The monoisotopic (exact) mass is 312 g/mol. The highest BCUT2D eigenvalue weighted by Gasteiger charge is 2.39. The van der Waals surface area contributed by atoms with Gasteiger partial charge in [-0.15, -0.1) is 11.3 Å². The van der Waals surface area contributed by atoms with Crippen molar-refractivity contribution in [2.75, 3.05) is 11.9 Å². The molecule has 0 spiro atoms. The van der Waals surface area contributed by atoms with E-state index in [4.69, 9.17) is 16.2 Å². The number of carboxylic acid groups (broad SMARTS) is 1. The number of amides is 3. The Labute approximate surface area is 122 Å². The smallest absolute Gasteiger partial charge is 0.410 e. The minimum Gasteiger partial charge on any atom is -0.465 e. The van der Waals surface area contributed by atoms with Gasteiger partial charge in [0.05, 0.1) is 6.04 Å². The van der Waals surface area contributed by atoms with Crippen molar-refractivity contribution in [2.24, 2.45) is 5.73 Å². The number of rotatable bonds is 5. The standard InChI is InChI=1S/C10H12N6O4S/c11-1-3-6(8(18)13-3)15-7(17)5(12)4-2-21-9(14-4)16-10(19)20/h2-3,6,12H,1,11H2,(H,13,18)(H,14,16)(H,15,17)(H,19,20). The first-order valence-electron chi connectivity index (χ1n) is 5.78. The van der Waals surface area contributed by atoms with Gasteiger partial charge in [-0.1, -0.05) is 0 Å². The van der Waals surface area contributed by atoms with Crippen LogP contribution < -0.4 is 21.7 Å². The maximum Gasteiger partial charge on any atom is 0.410 e. The molecule has 2 unspecified atom stereocenters. The van der Waals surface area contributed by atoms with Crippen LogP contribution in [0.2, 0.25) is 0 Å². The van der Waals surface area contributed by atoms with Crippen LogP contribution in [0, 0.1) is 5.41 Å². The highest BCUT2D eigenvalue weighted by atomic mass is 32.1. The zero-order valence-electron chi connectivity index (χ0n) is 10.5. The average Bonchev–Trinajstić information content (AvgIpc) is 2.88. The first-order valence-corrected chi connectivity index (χ1v) is 6.66. The van der Waals surface area contributed by atoms with Crippen molar-refractivity contribution in [2.45, 2.75) is 12.1 Å². The van der Waals surface area contributed by atoms with Crippen LogP contribution in [-0.4, -0.2) is 52.3 Å². The lowest BCUT2D eigenvalue weighted by molar-refractivity contribution is -0.134. The second-order valence-corrected chi connectivity index (χ2v) is 5.00. The molecule has 0 bridgehead atoms. The third-order valence-corrected chi connectivity index (χ3v) is 3.51. The first-order chi connectivity index (χ1) is 9.92. The highest BCUT2D eigenvalue weighted by Crippen LogP contribution is 2.16. The average molecular weight is 312 g/mol. The van der Waals surface area contributed by atoms with E-state index in [-0.39, 0.29) is 29.3 Å². The molecule has 7 N–H and O–H groups in total. The van der Waals surface area contributed by atoms with Crippen molar-refractivity contribution in [1.82, 2.24) is 15.6 Å². The predicted octanol–water partition coefficient (Wildman–Crippen LogP) is -1.46. The van der Waals surface area contributed by atoms with Gasteiger partial charge >= 0.3 is 6.09 Å². The number of aromatic nitrogens is 1. The lowest BCUT2D eigenvalue weighted by Crippen LogP contribution is -2.71. The summed E-state index contributed by atoms with van der Waals surface area (Å²) in [5, 5.41) is 24.6. The first kappa shape index (κ1) is 14.9. The third kappa shape index (κ3) is 3.14. The molecule has 11 heteroatoms. The normalized spacial score (nSPS) is 20.1. The molecule has 0 saturated carbocycles. The summed E-state index contributed by atoms with van der Waals surface area (Å²) >= 11 is 0.945. The lowest BCUT2D eigenvalue weighted by Gasteiger charge is -2.36. The molecule has 3 amide bonds. The van der Waals surface area contributed by atoms with Crippen LogP contribution in [0.4, 0.5) is 9.93 Å². The van der Waals surface area contributed by atoms with Crippen molar-refractivity contribution >= 4 is 40.1 Å². The van der Waals surface area contributed by atoms with Gasteiger partial charge in [0, 0.05) is 11.9 Å². The van der Waals surface area contributed by atoms with E-state index in [2.05, 4.69) is 15.6 Å². The molecule has 2 rings (SSSR count). The summed E-state index contributed by atoms with van der Waals surface area (Å²) < 4.78 is 0. The molecule has 1 aliphatic heterocycles. The number of anilines is 1. The van der Waals surface area contributed by atoms with Crippen LogP contribution in [-0.2, 0) is 9.59 Å². The highest BCUT2D eigenvalue weighted by molar-refractivity contribution is 7.14. The molecular weight excluding hydrogens is 300 g/mol. The molecule has 0 aliphatic carbocycles. The van der Waals surface area contributed by atoms with Gasteiger partial charge in [0.15, 0.2) is 5.13 Å². The van der Waals surface area contributed by atoms with Gasteiger partial charge in [-0.05, 0) is 0 Å². The summed E-state index contributed by atoms with van der Waals surface area (Å²) in [5.74, 6) is -1.14. The molecule has 1 fully saturated rings. The van der Waals surface area contributed by atoms with Crippen molar-refractivity contribution in [3.63, 3.8) is 0 Å². The second-order valence-electron chi connectivity index (χ2n) is 4.14. The minimum absolute atomic E-state index is 0.0188. The molecule has 21 heavy (non-hydrogen) atoms. The summed E-state index contributed by atoms with van der Waals surface area (Å²) in [4.78, 5) is 37.4. The van der Waals surface area contributed by atoms with E-state index in [1.165, 1.54) is 5.38 Å².